The number of hydrogen-bond donors (Lipinski definition) is 1. The van der Waals surface area contributed by atoms with E-state index in [1.54, 1.807) is 0 Å². The van der Waals surface area contributed by atoms with Crippen LogP contribution in [0, 0.1) is 23.7 Å². The minimum atomic E-state index is 0.514. The minimum Gasteiger partial charge on any atom is -0.327 e. The van der Waals surface area contributed by atoms with Crippen LogP contribution in [0.2, 0.25) is 0 Å². The second-order valence-electron chi connectivity index (χ2n) is 4.31. The smallest absolute Gasteiger partial charge is 0.00958 e. The van der Waals surface area contributed by atoms with Gasteiger partial charge in [0.25, 0.3) is 0 Å². The highest BCUT2D eigenvalue weighted by atomic mass is 14.7. The van der Waals surface area contributed by atoms with E-state index in [4.69, 9.17) is 5.73 Å². The van der Waals surface area contributed by atoms with E-state index in [9.17, 15) is 0 Å². The van der Waals surface area contributed by atoms with E-state index in [0.717, 1.165) is 23.7 Å². The summed E-state index contributed by atoms with van der Waals surface area (Å²) in [7, 11) is 0. The molecule has 1 nitrogen and oxygen atoms in total. The largest absolute Gasteiger partial charge is 0.327 e. The average molecular weight is 139 g/mol. The van der Waals surface area contributed by atoms with Gasteiger partial charge in [0, 0.05) is 6.04 Å². The van der Waals surface area contributed by atoms with Crippen LogP contribution in [0.1, 0.15) is 26.7 Å². The van der Waals surface area contributed by atoms with Gasteiger partial charge in [-0.1, -0.05) is 13.8 Å². The molecule has 0 spiro atoms. The Morgan fingerprint density at radius 1 is 1.20 bits per heavy atom. The monoisotopic (exact) mass is 139 g/mol. The van der Waals surface area contributed by atoms with Crippen LogP contribution in [0.5, 0.6) is 0 Å². The molecule has 1 unspecified atom stereocenters. The molecule has 1 heteroatoms. The van der Waals surface area contributed by atoms with Gasteiger partial charge >= 0.3 is 0 Å². The standard InChI is InChI=1S/C9H17N/c1-5-3-7-4-8(6(7)2)9(5)10/h5-9H,3-4,10H2,1-2H3/t5-,6?,7+,8-,9+/m0/s1. The molecule has 2 bridgehead atoms. The molecule has 2 N–H and O–H groups in total. The van der Waals surface area contributed by atoms with Gasteiger partial charge in [-0.15, -0.1) is 0 Å². The van der Waals surface area contributed by atoms with Gasteiger partial charge in [0.2, 0.25) is 0 Å². The molecule has 3 saturated carbocycles. The third kappa shape index (κ3) is 0.672. The maximum Gasteiger partial charge on any atom is 0.00958 e. The second-order valence-corrected chi connectivity index (χ2v) is 4.31. The molecule has 3 rings (SSSR count). The van der Waals surface area contributed by atoms with Gasteiger partial charge in [-0.25, -0.2) is 0 Å². The molecule has 0 aromatic carbocycles. The van der Waals surface area contributed by atoms with E-state index in [2.05, 4.69) is 13.8 Å². The van der Waals surface area contributed by atoms with Gasteiger partial charge in [0.1, 0.15) is 0 Å². The van der Waals surface area contributed by atoms with Gasteiger partial charge in [-0.05, 0) is 36.5 Å². The van der Waals surface area contributed by atoms with Crippen LogP contribution < -0.4 is 5.73 Å². The zero-order valence-electron chi connectivity index (χ0n) is 6.88. The zero-order valence-corrected chi connectivity index (χ0v) is 6.88. The van der Waals surface area contributed by atoms with Crippen molar-refractivity contribution >= 4 is 0 Å². The lowest BCUT2D eigenvalue weighted by atomic mass is 9.53. The van der Waals surface area contributed by atoms with Crippen molar-refractivity contribution in [2.45, 2.75) is 32.7 Å². The van der Waals surface area contributed by atoms with Crippen molar-refractivity contribution in [2.75, 3.05) is 0 Å². The Kier molecular flexibility index (Phi) is 1.31. The first-order valence-corrected chi connectivity index (χ1v) is 4.45. The van der Waals surface area contributed by atoms with Crippen molar-refractivity contribution in [2.24, 2.45) is 29.4 Å². The second kappa shape index (κ2) is 1.97. The summed E-state index contributed by atoms with van der Waals surface area (Å²) in [5.74, 6) is 3.62. The molecule has 3 fully saturated rings. The molecule has 0 radical (unpaired) electrons. The van der Waals surface area contributed by atoms with E-state index < -0.39 is 0 Å². The highest BCUT2D eigenvalue weighted by Gasteiger charge is 2.47. The fraction of sp³-hybridized carbons (Fsp3) is 1.00. The van der Waals surface area contributed by atoms with Crippen LogP contribution in [0.15, 0.2) is 0 Å². The van der Waals surface area contributed by atoms with Crippen LogP contribution in [-0.2, 0) is 0 Å². The van der Waals surface area contributed by atoms with Crippen LogP contribution in [-0.4, -0.2) is 6.04 Å². The predicted octanol–water partition coefficient (Wildman–Crippen LogP) is 1.63. The molecule has 0 amide bonds. The summed E-state index contributed by atoms with van der Waals surface area (Å²) >= 11 is 0. The van der Waals surface area contributed by atoms with Crippen molar-refractivity contribution in [1.82, 2.24) is 0 Å². The minimum absolute atomic E-state index is 0.514. The van der Waals surface area contributed by atoms with Gasteiger partial charge in [0.15, 0.2) is 0 Å². The molecular formula is C9H17N. The molecule has 3 aliphatic carbocycles. The molecule has 0 aromatic rings. The summed E-state index contributed by atoms with van der Waals surface area (Å²) in [6.45, 7) is 4.67. The van der Waals surface area contributed by atoms with E-state index in [1.165, 1.54) is 12.8 Å². The Bertz CT molecular complexity index is 140. The van der Waals surface area contributed by atoms with Gasteiger partial charge in [0.05, 0.1) is 0 Å². The quantitative estimate of drug-likeness (QED) is 0.542. The Balaban J connectivity index is 2.08. The fourth-order valence-corrected chi connectivity index (χ4v) is 2.81. The summed E-state index contributed by atoms with van der Waals surface area (Å²) in [6, 6.07) is 0.514. The molecule has 0 heterocycles. The fourth-order valence-electron chi connectivity index (χ4n) is 2.81. The first-order chi connectivity index (χ1) is 4.70. The maximum absolute atomic E-state index is 6.05. The molecule has 0 saturated heterocycles. The van der Waals surface area contributed by atoms with Gasteiger partial charge in [-0.2, -0.15) is 0 Å². The first-order valence-electron chi connectivity index (χ1n) is 4.45. The molecule has 0 aliphatic heterocycles. The summed E-state index contributed by atoms with van der Waals surface area (Å²) in [5, 5.41) is 0. The Labute approximate surface area is 63.0 Å². The number of nitrogens with two attached hydrogens (primary N) is 1. The van der Waals surface area contributed by atoms with E-state index in [0.29, 0.717) is 6.04 Å². The van der Waals surface area contributed by atoms with Crippen LogP contribution in [0.25, 0.3) is 0 Å². The molecule has 5 atom stereocenters. The molecular weight excluding hydrogens is 122 g/mol. The summed E-state index contributed by atoms with van der Waals surface area (Å²) in [4.78, 5) is 0. The zero-order chi connectivity index (χ0) is 7.30. The number of fused-ring (bicyclic) bond motifs is 2. The Hall–Kier alpha value is -0.0400. The highest BCUT2D eigenvalue weighted by Crippen LogP contribution is 2.51. The van der Waals surface area contributed by atoms with Crippen LogP contribution in [0.3, 0.4) is 0 Å². The predicted molar refractivity (Wildman–Crippen MR) is 42.5 cm³/mol. The summed E-state index contributed by atoms with van der Waals surface area (Å²) in [6.07, 6.45) is 2.81. The van der Waals surface area contributed by atoms with Gasteiger partial charge < -0.3 is 5.73 Å². The lowest BCUT2D eigenvalue weighted by molar-refractivity contribution is -0.0210. The SMILES string of the molecule is CC1[C@@H]2C[C@H](C)[C@@H](N)[C@H]1C2. The topological polar surface area (TPSA) is 26.0 Å². The Morgan fingerprint density at radius 2 is 1.90 bits per heavy atom. The lowest BCUT2D eigenvalue weighted by Crippen LogP contribution is -2.55. The molecule has 3 aliphatic rings. The first kappa shape index (κ1) is 6.66. The number of hydrogen-bond acceptors (Lipinski definition) is 1. The molecule has 10 heavy (non-hydrogen) atoms. The van der Waals surface area contributed by atoms with Crippen LogP contribution >= 0.6 is 0 Å². The van der Waals surface area contributed by atoms with Crippen molar-refractivity contribution in [1.29, 1.82) is 0 Å². The van der Waals surface area contributed by atoms with Crippen molar-refractivity contribution in [3.05, 3.63) is 0 Å². The van der Waals surface area contributed by atoms with Crippen molar-refractivity contribution in [3.63, 3.8) is 0 Å². The third-order valence-corrected chi connectivity index (χ3v) is 3.82. The van der Waals surface area contributed by atoms with E-state index in [1.807, 2.05) is 0 Å². The van der Waals surface area contributed by atoms with Crippen molar-refractivity contribution < 1.29 is 0 Å². The summed E-state index contributed by atoms with van der Waals surface area (Å²) < 4.78 is 0. The molecule has 58 valence electrons. The van der Waals surface area contributed by atoms with Crippen LogP contribution in [0.4, 0.5) is 0 Å². The average Bonchev–Trinajstić information content (AvgIpc) is 1.92. The third-order valence-electron chi connectivity index (χ3n) is 3.82. The van der Waals surface area contributed by atoms with E-state index >= 15 is 0 Å². The Morgan fingerprint density at radius 3 is 2.30 bits per heavy atom. The maximum atomic E-state index is 6.05. The normalized spacial score (nSPS) is 59.7. The number of rotatable bonds is 0. The summed E-state index contributed by atoms with van der Waals surface area (Å²) in [5.41, 5.74) is 6.05. The molecule has 0 aromatic heterocycles. The van der Waals surface area contributed by atoms with Crippen molar-refractivity contribution in [3.8, 4) is 0 Å². The van der Waals surface area contributed by atoms with Gasteiger partial charge in [-0.3, -0.25) is 0 Å². The highest BCUT2D eigenvalue weighted by molar-refractivity contribution is 5.00. The lowest BCUT2D eigenvalue weighted by Gasteiger charge is -2.54. The van der Waals surface area contributed by atoms with E-state index in [-0.39, 0.29) is 0 Å².